The molecule has 0 fully saturated rings. The van der Waals surface area contributed by atoms with Gasteiger partial charge >= 0.3 is 11.7 Å². The van der Waals surface area contributed by atoms with Crippen LogP contribution in [0, 0.1) is 0 Å². The number of fused-ring (bicyclic) bond motifs is 1. The second kappa shape index (κ2) is 9.21. The number of carbonyl (C=O) groups excluding carboxylic acids is 2. The zero-order valence-electron chi connectivity index (χ0n) is 16.8. The number of benzene rings is 1. The molecule has 10 nitrogen and oxygen atoms in total. The predicted molar refractivity (Wildman–Crippen MR) is 109 cm³/mol. The van der Waals surface area contributed by atoms with Gasteiger partial charge in [0.1, 0.15) is 0 Å². The van der Waals surface area contributed by atoms with E-state index in [9.17, 15) is 19.2 Å². The monoisotopic (exact) mass is 413 g/mol. The van der Waals surface area contributed by atoms with E-state index < -0.39 is 17.2 Å². The Morgan fingerprint density at radius 1 is 1.10 bits per heavy atom. The lowest BCUT2D eigenvalue weighted by molar-refractivity contribution is -0.148. The molecule has 2 aromatic heterocycles. The normalized spacial score (nSPS) is 10.9. The maximum Gasteiger partial charge on any atom is 0.332 e. The number of nitrogens with zero attached hydrogens (tertiary/aromatic N) is 4. The third-order valence-electron chi connectivity index (χ3n) is 4.69. The Hall–Kier alpha value is -3.69. The summed E-state index contributed by atoms with van der Waals surface area (Å²) in [5, 5.41) is 2.68. The Kier molecular flexibility index (Phi) is 6.45. The molecule has 158 valence electrons. The summed E-state index contributed by atoms with van der Waals surface area (Å²) in [6.07, 6.45) is 1.94. The summed E-state index contributed by atoms with van der Waals surface area (Å²) in [6, 6.07) is 9.41. The van der Waals surface area contributed by atoms with Gasteiger partial charge in [-0.05, 0) is 12.0 Å². The number of ether oxygens (including phenoxy) is 1. The summed E-state index contributed by atoms with van der Waals surface area (Å²) in [4.78, 5) is 52.1. The van der Waals surface area contributed by atoms with Crippen LogP contribution < -0.4 is 16.6 Å². The fourth-order valence-corrected chi connectivity index (χ4v) is 3.03. The van der Waals surface area contributed by atoms with Crippen molar-refractivity contribution in [1.29, 1.82) is 0 Å². The maximum absolute atomic E-state index is 12.4. The Bertz CT molecular complexity index is 1180. The minimum Gasteiger partial charge on any atom is -0.456 e. The Labute approximate surface area is 171 Å². The average molecular weight is 413 g/mol. The summed E-state index contributed by atoms with van der Waals surface area (Å²) in [7, 11) is 2.95. The summed E-state index contributed by atoms with van der Waals surface area (Å²) in [6.45, 7) is 0.365. The van der Waals surface area contributed by atoms with Gasteiger partial charge in [-0.25, -0.2) is 9.78 Å². The minimum atomic E-state index is -0.505. The van der Waals surface area contributed by atoms with Crippen molar-refractivity contribution in [3.05, 3.63) is 63.1 Å². The van der Waals surface area contributed by atoms with Crippen LogP contribution in [0.3, 0.4) is 0 Å². The fourth-order valence-electron chi connectivity index (χ4n) is 3.03. The standard InChI is InChI=1S/C20H23N5O5/c1-23-18-17(19(28)24(2)20(23)29)25(13-22-18)10-6-9-16(27)30-12-15(26)21-11-14-7-4-3-5-8-14/h3-5,7-8,13H,6,9-12H2,1-2H3,(H,21,26). The van der Waals surface area contributed by atoms with Gasteiger partial charge in [0.25, 0.3) is 11.5 Å². The summed E-state index contributed by atoms with van der Waals surface area (Å²) < 4.78 is 8.92. The molecule has 10 heteroatoms. The zero-order chi connectivity index (χ0) is 21.7. The smallest absolute Gasteiger partial charge is 0.332 e. The van der Waals surface area contributed by atoms with E-state index in [2.05, 4.69) is 10.3 Å². The van der Waals surface area contributed by atoms with Crippen molar-refractivity contribution >= 4 is 23.0 Å². The fraction of sp³-hybridized carbons (Fsp3) is 0.350. The van der Waals surface area contributed by atoms with Crippen molar-refractivity contribution in [1.82, 2.24) is 24.0 Å². The van der Waals surface area contributed by atoms with Crippen LogP contribution in [0.2, 0.25) is 0 Å². The molecule has 0 spiro atoms. The number of hydrogen-bond donors (Lipinski definition) is 1. The molecular formula is C20H23N5O5. The first-order valence-electron chi connectivity index (χ1n) is 9.45. The second-order valence-electron chi connectivity index (χ2n) is 6.84. The van der Waals surface area contributed by atoms with E-state index in [-0.39, 0.29) is 18.9 Å². The van der Waals surface area contributed by atoms with Gasteiger partial charge in [0, 0.05) is 33.6 Å². The van der Waals surface area contributed by atoms with Gasteiger partial charge in [-0.3, -0.25) is 23.5 Å². The van der Waals surface area contributed by atoms with E-state index in [0.29, 0.717) is 30.7 Å². The van der Waals surface area contributed by atoms with Gasteiger partial charge in [0.2, 0.25) is 0 Å². The molecule has 0 aliphatic heterocycles. The molecule has 0 saturated heterocycles. The molecule has 1 amide bonds. The Morgan fingerprint density at radius 2 is 1.83 bits per heavy atom. The third-order valence-corrected chi connectivity index (χ3v) is 4.69. The van der Waals surface area contributed by atoms with Gasteiger partial charge in [0.15, 0.2) is 17.8 Å². The topological polar surface area (TPSA) is 117 Å². The Morgan fingerprint density at radius 3 is 2.57 bits per heavy atom. The number of imidazole rings is 1. The number of aromatic nitrogens is 4. The highest BCUT2D eigenvalue weighted by Crippen LogP contribution is 2.07. The lowest BCUT2D eigenvalue weighted by Gasteiger charge is -2.08. The van der Waals surface area contributed by atoms with Crippen LogP contribution >= 0.6 is 0 Å². The van der Waals surface area contributed by atoms with Gasteiger partial charge < -0.3 is 14.6 Å². The molecule has 0 saturated carbocycles. The van der Waals surface area contributed by atoms with Crippen molar-refractivity contribution in [3.63, 3.8) is 0 Å². The third kappa shape index (κ3) is 4.65. The molecule has 2 heterocycles. The molecule has 1 aromatic carbocycles. The molecule has 0 aliphatic carbocycles. The van der Waals surface area contributed by atoms with Gasteiger partial charge in [0.05, 0.1) is 6.33 Å². The van der Waals surface area contributed by atoms with E-state index in [0.717, 1.165) is 10.1 Å². The molecule has 0 aliphatic rings. The molecule has 0 radical (unpaired) electrons. The zero-order valence-corrected chi connectivity index (χ0v) is 16.8. The second-order valence-corrected chi connectivity index (χ2v) is 6.84. The highest BCUT2D eigenvalue weighted by molar-refractivity contribution is 5.80. The van der Waals surface area contributed by atoms with Crippen molar-refractivity contribution in [3.8, 4) is 0 Å². The van der Waals surface area contributed by atoms with Gasteiger partial charge in [-0.2, -0.15) is 0 Å². The highest BCUT2D eigenvalue weighted by Gasteiger charge is 2.14. The van der Waals surface area contributed by atoms with E-state index in [1.165, 1.54) is 17.9 Å². The first-order chi connectivity index (χ1) is 14.4. The number of rotatable bonds is 8. The molecule has 3 rings (SSSR count). The molecular weight excluding hydrogens is 390 g/mol. The molecule has 30 heavy (non-hydrogen) atoms. The molecule has 0 bridgehead atoms. The average Bonchev–Trinajstić information content (AvgIpc) is 3.18. The lowest BCUT2D eigenvalue weighted by atomic mass is 10.2. The molecule has 3 aromatic rings. The van der Waals surface area contributed by atoms with Crippen LogP contribution in [0.15, 0.2) is 46.2 Å². The summed E-state index contributed by atoms with van der Waals surface area (Å²) >= 11 is 0. The number of hydrogen-bond acceptors (Lipinski definition) is 6. The van der Waals surface area contributed by atoms with Crippen LogP contribution in [-0.2, 0) is 41.5 Å². The van der Waals surface area contributed by atoms with Crippen molar-refractivity contribution in [2.24, 2.45) is 14.1 Å². The van der Waals surface area contributed by atoms with Crippen LogP contribution in [0.5, 0.6) is 0 Å². The number of aryl methyl sites for hydroxylation is 2. The van der Waals surface area contributed by atoms with E-state index in [1.807, 2.05) is 30.3 Å². The largest absolute Gasteiger partial charge is 0.456 e. The van der Waals surface area contributed by atoms with Crippen molar-refractivity contribution in [2.45, 2.75) is 25.9 Å². The van der Waals surface area contributed by atoms with Crippen LogP contribution in [-0.4, -0.2) is 37.2 Å². The Balaban J connectivity index is 1.47. The number of amides is 1. The van der Waals surface area contributed by atoms with Crippen molar-refractivity contribution < 1.29 is 14.3 Å². The predicted octanol–water partition coefficient (Wildman–Crippen LogP) is 0.0735. The van der Waals surface area contributed by atoms with Gasteiger partial charge in [-0.15, -0.1) is 0 Å². The van der Waals surface area contributed by atoms with Crippen LogP contribution in [0.25, 0.3) is 11.2 Å². The molecule has 1 N–H and O–H groups in total. The quantitative estimate of drug-likeness (QED) is 0.523. The van der Waals surface area contributed by atoms with Crippen molar-refractivity contribution in [2.75, 3.05) is 6.61 Å². The maximum atomic E-state index is 12.4. The van der Waals surface area contributed by atoms with E-state index in [1.54, 1.807) is 11.6 Å². The first kappa shape index (κ1) is 21.0. The number of esters is 1. The number of carbonyl (C=O) groups is 2. The summed E-state index contributed by atoms with van der Waals surface area (Å²) in [5.41, 5.74) is 0.650. The SMILES string of the molecule is Cn1c(=O)c2c(ncn2CCCC(=O)OCC(=O)NCc2ccccc2)n(C)c1=O. The molecule has 0 atom stereocenters. The number of nitrogens with one attached hydrogen (secondary N) is 1. The lowest BCUT2D eigenvalue weighted by Crippen LogP contribution is -2.37. The van der Waals surface area contributed by atoms with Crippen LogP contribution in [0.4, 0.5) is 0 Å². The first-order valence-corrected chi connectivity index (χ1v) is 9.45. The van der Waals surface area contributed by atoms with Crippen LogP contribution in [0.1, 0.15) is 18.4 Å². The molecule has 0 unspecified atom stereocenters. The van der Waals surface area contributed by atoms with E-state index in [4.69, 9.17) is 4.74 Å². The summed E-state index contributed by atoms with van der Waals surface area (Å²) in [5.74, 6) is -0.883. The highest BCUT2D eigenvalue weighted by atomic mass is 16.5. The van der Waals surface area contributed by atoms with Gasteiger partial charge in [-0.1, -0.05) is 30.3 Å². The van der Waals surface area contributed by atoms with E-state index >= 15 is 0 Å². The minimum absolute atomic E-state index is 0.0811.